The van der Waals surface area contributed by atoms with Crippen LogP contribution >= 0.6 is 0 Å². The highest BCUT2D eigenvalue weighted by molar-refractivity contribution is 5.79. The van der Waals surface area contributed by atoms with E-state index in [0.717, 1.165) is 31.6 Å². The zero-order valence-corrected chi connectivity index (χ0v) is 12.7. The summed E-state index contributed by atoms with van der Waals surface area (Å²) in [6.07, 6.45) is 5.44. The Hall–Kier alpha value is -2.06. The van der Waals surface area contributed by atoms with Crippen molar-refractivity contribution < 1.29 is 4.74 Å². The maximum atomic E-state index is 5.86. The molecule has 2 nitrogen and oxygen atoms in total. The summed E-state index contributed by atoms with van der Waals surface area (Å²) in [5.41, 5.74) is 13.0. The van der Waals surface area contributed by atoms with Gasteiger partial charge >= 0.3 is 0 Å². The van der Waals surface area contributed by atoms with E-state index in [1.54, 1.807) is 0 Å². The summed E-state index contributed by atoms with van der Waals surface area (Å²) < 4.78 is 5.75. The molecule has 0 saturated carbocycles. The van der Waals surface area contributed by atoms with E-state index in [-0.39, 0.29) is 0 Å². The summed E-state index contributed by atoms with van der Waals surface area (Å²) in [6.45, 7) is 1.41. The van der Waals surface area contributed by atoms with Crippen LogP contribution in [0.2, 0.25) is 0 Å². The number of benzene rings is 2. The summed E-state index contributed by atoms with van der Waals surface area (Å²) in [4.78, 5) is 0. The average molecular weight is 291 g/mol. The van der Waals surface area contributed by atoms with Crippen LogP contribution in [0, 0.1) is 5.92 Å². The molecule has 22 heavy (non-hydrogen) atoms. The molecule has 112 valence electrons. The van der Waals surface area contributed by atoms with Crippen LogP contribution < -0.4 is 10.5 Å². The molecule has 1 heterocycles. The van der Waals surface area contributed by atoms with E-state index in [2.05, 4.69) is 48.5 Å². The van der Waals surface area contributed by atoms with E-state index in [4.69, 9.17) is 10.5 Å². The summed E-state index contributed by atoms with van der Waals surface area (Å²) >= 11 is 0. The van der Waals surface area contributed by atoms with Gasteiger partial charge in [-0.2, -0.15) is 0 Å². The number of rotatable bonds is 3. The maximum Gasteiger partial charge on any atom is 0.123 e. The van der Waals surface area contributed by atoms with Crippen molar-refractivity contribution in [3.8, 4) is 5.75 Å². The zero-order chi connectivity index (χ0) is 14.9. The second kappa shape index (κ2) is 5.62. The molecule has 1 aliphatic carbocycles. The number of ether oxygens (including phenoxy) is 1. The number of fused-ring (bicyclic) bond motifs is 3. The molecular weight excluding hydrogens is 270 g/mol. The van der Waals surface area contributed by atoms with Gasteiger partial charge in [0.2, 0.25) is 0 Å². The predicted octanol–water partition coefficient (Wildman–Crippen LogP) is 3.38. The molecule has 1 unspecified atom stereocenters. The van der Waals surface area contributed by atoms with E-state index in [1.807, 2.05) is 0 Å². The fourth-order valence-electron chi connectivity index (χ4n) is 3.91. The Morgan fingerprint density at radius 2 is 2.00 bits per heavy atom. The summed E-state index contributed by atoms with van der Waals surface area (Å²) in [5, 5.41) is 0. The van der Waals surface area contributed by atoms with Gasteiger partial charge in [0, 0.05) is 18.5 Å². The average Bonchev–Trinajstić information content (AvgIpc) is 3.13. The van der Waals surface area contributed by atoms with Crippen LogP contribution in [0.15, 0.2) is 48.5 Å². The lowest BCUT2D eigenvalue weighted by molar-refractivity contribution is 0.357. The predicted molar refractivity (Wildman–Crippen MR) is 90.0 cm³/mol. The molecule has 1 atom stereocenters. The highest BCUT2D eigenvalue weighted by Gasteiger charge is 2.31. The lowest BCUT2D eigenvalue weighted by Gasteiger charge is -2.14. The maximum absolute atomic E-state index is 5.86. The number of allylic oxidation sites excluding steroid dienone is 1. The fraction of sp³-hybridized carbons (Fsp3) is 0.300. The van der Waals surface area contributed by atoms with Crippen LogP contribution in [0.25, 0.3) is 5.57 Å². The highest BCUT2D eigenvalue weighted by Crippen LogP contribution is 2.45. The Morgan fingerprint density at radius 3 is 2.82 bits per heavy atom. The molecule has 2 aromatic carbocycles. The first-order valence-electron chi connectivity index (χ1n) is 8.09. The lowest BCUT2D eigenvalue weighted by Crippen LogP contribution is -2.06. The number of nitrogens with two attached hydrogens (primary N) is 1. The molecule has 0 amide bonds. The first kappa shape index (κ1) is 13.6. The molecule has 0 bridgehead atoms. The summed E-state index contributed by atoms with van der Waals surface area (Å²) in [5.74, 6) is 1.61. The molecule has 0 aromatic heterocycles. The molecule has 0 saturated heterocycles. The van der Waals surface area contributed by atoms with Crippen molar-refractivity contribution in [2.24, 2.45) is 11.7 Å². The second-order valence-electron chi connectivity index (χ2n) is 6.16. The third-order valence-corrected chi connectivity index (χ3v) is 4.82. The normalized spacial score (nSPS) is 20.8. The SMILES string of the molecule is NC/C=C1/c2c(ccc3c2CCO3)CC1Cc1ccccc1. The van der Waals surface area contributed by atoms with Crippen LogP contribution in [0.1, 0.15) is 22.3 Å². The second-order valence-corrected chi connectivity index (χ2v) is 6.16. The smallest absolute Gasteiger partial charge is 0.123 e. The third kappa shape index (κ3) is 2.24. The van der Waals surface area contributed by atoms with E-state index in [1.165, 1.54) is 27.8 Å². The van der Waals surface area contributed by atoms with Gasteiger partial charge in [0.05, 0.1) is 6.61 Å². The Morgan fingerprint density at radius 1 is 1.14 bits per heavy atom. The molecule has 2 aliphatic rings. The zero-order valence-electron chi connectivity index (χ0n) is 12.7. The van der Waals surface area contributed by atoms with Gasteiger partial charge in [0.1, 0.15) is 5.75 Å². The van der Waals surface area contributed by atoms with Crippen LogP contribution in [0.3, 0.4) is 0 Å². The minimum atomic E-state index is 0.535. The fourth-order valence-corrected chi connectivity index (χ4v) is 3.91. The van der Waals surface area contributed by atoms with E-state index in [9.17, 15) is 0 Å². The Labute approximate surface area is 131 Å². The molecular formula is C20H21NO. The topological polar surface area (TPSA) is 35.2 Å². The van der Waals surface area contributed by atoms with Crippen molar-refractivity contribution in [1.29, 1.82) is 0 Å². The van der Waals surface area contributed by atoms with Crippen molar-refractivity contribution in [1.82, 2.24) is 0 Å². The van der Waals surface area contributed by atoms with Crippen molar-refractivity contribution in [3.63, 3.8) is 0 Å². The minimum absolute atomic E-state index is 0.535. The van der Waals surface area contributed by atoms with Crippen LogP contribution in [-0.2, 0) is 19.3 Å². The summed E-state index contributed by atoms with van der Waals surface area (Å²) in [6, 6.07) is 15.1. The van der Waals surface area contributed by atoms with Crippen LogP contribution in [0.5, 0.6) is 5.75 Å². The molecule has 0 radical (unpaired) electrons. The lowest BCUT2D eigenvalue weighted by atomic mass is 9.90. The molecule has 0 spiro atoms. The highest BCUT2D eigenvalue weighted by atomic mass is 16.5. The van der Waals surface area contributed by atoms with Crippen molar-refractivity contribution in [2.45, 2.75) is 19.3 Å². The summed E-state index contributed by atoms with van der Waals surface area (Å²) in [7, 11) is 0. The van der Waals surface area contributed by atoms with Gasteiger partial charge in [-0.05, 0) is 47.1 Å². The molecule has 2 aromatic rings. The monoisotopic (exact) mass is 291 g/mol. The van der Waals surface area contributed by atoms with E-state index < -0.39 is 0 Å². The third-order valence-electron chi connectivity index (χ3n) is 4.82. The van der Waals surface area contributed by atoms with Gasteiger partial charge in [-0.15, -0.1) is 0 Å². The van der Waals surface area contributed by atoms with Crippen LogP contribution in [0.4, 0.5) is 0 Å². The molecule has 0 fully saturated rings. The Balaban J connectivity index is 1.72. The first-order valence-corrected chi connectivity index (χ1v) is 8.09. The van der Waals surface area contributed by atoms with Crippen molar-refractivity contribution >= 4 is 5.57 Å². The van der Waals surface area contributed by atoms with Crippen molar-refractivity contribution in [3.05, 3.63) is 70.8 Å². The van der Waals surface area contributed by atoms with Gasteiger partial charge in [-0.3, -0.25) is 0 Å². The quantitative estimate of drug-likeness (QED) is 0.941. The largest absolute Gasteiger partial charge is 0.493 e. The van der Waals surface area contributed by atoms with Gasteiger partial charge in [-0.25, -0.2) is 0 Å². The number of hydrogen-bond acceptors (Lipinski definition) is 2. The molecule has 4 rings (SSSR count). The van der Waals surface area contributed by atoms with E-state index >= 15 is 0 Å². The van der Waals surface area contributed by atoms with Gasteiger partial charge in [0.25, 0.3) is 0 Å². The Bertz CT molecular complexity index is 718. The first-order chi connectivity index (χ1) is 10.9. The van der Waals surface area contributed by atoms with Gasteiger partial charge in [0.15, 0.2) is 0 Å². The van der Waals surface area contributed by atoms with Crippen molar-refractivity contribution in [2.75, 3.05) is 13.2 Å². The number of hydrogen-bond donors (Lipinski definition) is 1. The van der Waals surface area contributed by atoms with Crippen LogP contribution in [-0.4, -0.2) is 13.2 Å². The molecule has 2 heteroatoms. The minimum Gasteiger partial charge on any atom is -0.493 e. The standard InChI is InChI=1S/C20H21NO/c21-10-8-17-16(12-14-4-2-1-3-5-14)13-15-6-7-19-18(20(15)17)9-11-22-19/h1-8,16H,9-13,21H2/b17-8+. The van der Waals surface area contributed by atoms with E-state index in [0.29, 0.717) is 12.5 Å². The Kier molecular flexibility index (Phi) is 3.47. The molecule has 2 N–H and O–H groups in total. The van der Waals surface area contributed by atoms with Gasteiger partial charge in [-0.1, -0.05) is 42.5 Å². The molecule has 1 aliphatic heterocycles. The van der Waals surface area contributed by atoms with Gasteiger partial charge < -0.3 is 10.5 Å².